The van der Waals surface area contributed by atoms with Gasteiger partial charge in [0.2, 0.25) is 0 Å². The van der Waals surface area contributed by atoms with E-state index in [2.05, 4.69) is 4.98 Å². The van der Waals surface area contributed by atoms with Gasteiger partial charge in [-0.25, -0.2) is 0 Å². The molecule has 0 unspecified atom stereocenters. The van der Waals surface area contributed by atoms with Crippen LogP contribution >= 0.6 is 0 Å². The fourth-order valence-corrected chi connectivity index (χ4v) is 4.71. The molecule has 1 aromatic heterocycles. The lowest BCUT2D eigenvalue weighted by atomic mass is 9.75. The molecule has 2 aromatic rings. The van der Waals surface area contributed by atoms with E-state index in [-0.39, 0.29) is 18.5 Å². The highest BCUT2D eigenvalue weighted by atomic mass is 16.5. The van der Waals surface area contributed by atoms with Gasteiger partial charge in [0.05, 0.1) is 0 Å². The second-order valence-electron chi connectivity index (χ2n) is 7.95. The third kappa shape index (κ3) is 4.18. The Morgan fingerprint density at radius 1 is 1.11 bits per heavy atom. The molecule has 1 aliphatic carbocycles. The zero-order valence-corrected chi connectivity index (χ0v) is 15.8. The third-order valence-electron chi connectivity index (χ3n) is 6.27. The maximum absolute atomic E-state index is 12.4. The van der Waals surface area contributed by atoms with E-state index < -0.39 is 0 Å². The average molecular weight is 368 g/mol. The highest BCUT2D eigenvalue weighted by Gasteiger charge is 2.33. The van der Waals surface area contributed by atoms with Gasteiger partial charge in [-0.15, -0.1) is 0 Å². The number of nitrogens with zero attached hydrogens (tertiary/aromatic N) is 1. The molecule has 5 nitrogen and oxygen atoms in total. The maximum atomic E-state index is 12.4. The summed E-state index contributed by atoms with van der Waals surface area (Å²) < 4.78 is 5.26. The van der Waals surface area contributed by atoms with Crippen molar-refractivity contribution in [3.63, 3.8) is 0 Å². The molecular weight excluding hydrogens is 340 g/mol. The second kappa shape index (κ2) is 8.15. The smallest absolute Gasteiger partial charge is 0.306 e. The van der Waals surface area contributed by atoms with Crippen LogP contribution in [0.5, 0.6) is 0 Å². The van der Waals surface area contributed by atoms with Gasteiger partial charge in [0.25, 0.3) is 5.91 Å². The van der Waals surface area contributed by atoms with Gasteiger partial charge < -0.3 is 14.6 Å². The fraction of sp³-hybridized carbons (Fsp3) is 0.545. The number of H-pyrrole nitrogens is 1. The highest BCUT2D eigenvalue weighted by molar-refractivity contribution is 5.84. The van der Waals surface area contributed by atoms with Crippen LogP contribution in [0.15, 0.2) is 30.5 Å². The normalized spacial score (nSPS) is 22.4. The number of hydrogen-bond acceptors (Lipinski definition) is 3. The van der Waals surface area contributed by atoms with Crippen LogP contribution in [-0.2, 0) is 20.7 Å². The summed E-state index contributed by atoms with van der Waals surface area (Å²) in [6.45, 7) is 1.54. The minimum atomic E-state index is -0.304. The Hall–Kier alpha value is -2.30. The summed E-state index contributed by atoms with van der Waals surface area (Å²) in [4.78, 5) is 29.6. The Bertz CT molecular complexity index is 813. The van der Waals surface area contributed by atoms with Gasteiger partial charge in [-0.05, 0) is 42.7 Å². The summed E-state index contributed by atoms with van der Waals surface area (Å²) in [5, 5.41) is 1.14. The summed E-state index contributed by atoms with van der Waals surface area (Å²) in [7, 11) is 0. The average Bonchev–Trinajstić information content (AvgIpc) is 3.13. The molecule has 1 saturated heterocycles. The molecule has 0 bridgehead atoms. The molecule has 0 radical (unpaired) electrons. The first-order chi connectivity index (χ1) is 13.2. The quantitative estimate of drug-likeness (QED) is 0.819. The van der Waals surface area contributed by atoms with Crippen LogP contribution < -0.4 is 0 Å². The van der Waals surface area contributed by atoms with Crippen molar-refractivity contribution in [1.82, 2.24) is 9.88 Å². The van der Waals surface area contributed by atoms with Crippen LogP contribution in [0.25, 0.3) is 10.9 Å². The highest BCUT2D eigenvalue weighted by Crippen LogP contribution is 2.36. The number of aromatic amines is 1. The van der Waals surface area contributed by atoms with Crippen LogP contribution in [0.4, 0.5) is 0 Å². The molecule has 1 amide bonds. The predicted molar refractivity (Wildman–Crippen MR) is 104 cm³/mol. The number of piperidine rings is 1. The molecule has 27 heavy (non-hydrogen) atoms. The number of fused-ring (bicyclic) bond motifs is 2. The Morgan fingerprint density at radius 3 is 2.81 bits per heavy atom. The zero-order valence-electron chi connectivity index (χ0n) is 15.8. The van der Waals surface area contributed by atoms with Crippen LogP contribution in [0.3, 0.4) is 0 Å². The van der Waals surface area contributed by atoms with E-state index in [1.54, 1.807) is 0 Å². The summed E-state index contributed by atoms with van der Waals surface area (Å²) in [6, 6.07) is 8.04. The van der Waals surface area contributed by atoms with Crippen molar-refractivity contribution in [2.75, 3.05) is 19.7 Å². The lowest BCUT2D eigenvalue weighted by Crippen LogP contribution is -2.46. The number of aryl methyl sites for hydroxylation is 1. The molecule has 1 aromatic carbocycles. The van der Waals surface area contributed by atoms with E-state index in [4.69, 9.17) is 4.74 Å². The van der Waals surface area contributed by atoms with E-state index in [9.17, 15) is 9.59 Å². The maximum Gasteiger partial charge on any atom is 0.306 e. The van der Waals surface area contributed by atoms with Crippen molar-refractivity contribution in [2.24, 2.45) is 11.8 Å². The van der Waals surface area contributed by atoms with E-state index >= 15 is 0 Å². The van der Waals surface area contributed by atoms with Crippen LogP contribution in [0.1, 0.15) is 44.1 Å². The molecule has 144 valence electrons. The van der Waals surface area contributed by atoms with Crippen molar-refractivity contribution < 1.29 is 14.3 Å². The van der Waals surface area contributed by atoms with Crippen LogP contribution in [-0.4, -0.2) is 41.5 Å². The van der Waals surface area contributed by atoms with Crippen molar-refractivity contribution in [2.45, 2.75) is 44.9 Å². The van der Waals surface area contributed by atoms with E-state index in [0.717, 1.165) is 41.9 Å². The Labute approximate surface area is 160 Å². The molecule has 0 spiro atoms. The number of esters is 1. The Balaban J connectivity index is 1.22. The number of benzene rings is 1. The molecule has 1 aliphatic heterocycles. The topological polar surface area (TPSA) is 62.4 Å². The first-order valence-electron chi connectivity index (χ1n) is 10.2. The number of nitrogens with one attached hydrogen (secondary N) is 1. The molecule has 2 aliphatic rings. The van der Waals surface area contributed by atoms with Gasteiger partial charge in [0, 0.05) is 36.6 Å². The van der Waals surface area contributed by atoms with Gasteiger partial charge in [-0.1, -0.05) is 37.5 Å². The van der Waals surface area contributed by atoms with Crippen LogP contribution in [0, 0.1) is 11.8 Å². The fourth-order valence-electron chi connectivity index (χ4n) is 4.71. The van der Waals surface area contributed by atoms with Crippen molar-refractivity contribution in [3.8, 4) is 0 Å². The predicted octanol–water partition coefficient (Wildman–Crippen LogP) is 3.68. The first kappa shape index (κ1) is 18.1. The molecule has 5 heteroatoms. The van der Waals surface area contributed by atoms with Crippen molar-refractivity contribution >= 4 is 22.8 Å². The molecule has 4 rings (SSSR count). The molecule has 2 atom stereocenters. The number of amides is 1. The van der Waals surface area contributed by atoms with Gasteiger partial charge in [-0.2, -0.15) is 0 Å². The van der Waals surface area contributed by atoms with Gasteiger partial charge >= 0.3 is 5.97 Å². The molecule has 2 fully saturated rings. The van der Waals surface area contributed by atoms with E-state index in [0.29, 0.717) is 18.8 Å². The van der Waals surface area contributed by atoms with Crippen LogP contribution in [0.2, 0.25) is 0 Å². The van der Waals surface area contributed by atoms with Gasteiger partial charge in [0.1, 0.15) is 0 Å². The number of aromatic nitrogens is 1. The van der Waals surface area contributed by atoms with Crippen molar-refractivity contribution in [1.29, 1.82) is 0 Å². The Kier molecular flexibility index (Phi) is 5.46. The molecule has 1 saturated carbocycles. The summed E-state index contributed by atoms with van der Waals surface area (Å²) in [6.07, 6.45) is 9.12. The van der Waals surface area contributed by atoms with Crippen molar-refractivity contribution in [3.05, 3.63) is 36.0 Å². The van der Waals surface area contributed by atoms with Gasteiger partial charge in [0.15, 0.2) is 6.61 Å². The lowest BCUT2D eigenvalue weighted by molar-refractivity contribution is -0.153. The third-order valence-corrected chi connectivity index (χ3v) is 6.27. The summed E-state index contributed by atoms with van der Waals surface area (Å²) in [5.41, 5.74) is 2.18. The number of carbonyl (C=O) groups excluding carboxylic acids is 2. The second-order valence-corrected chi connectivity index (χ2v) is 7.95. The van der Waals surface area contributed by atoms with E-state index in [1.165, 1.54) is 25.7 Å². The zero-order chi connectivity index (χ0) is 18.6. The minimum absolute atomic E-state index is 0.0422. The molecular formula is C22H28N2O3. The number of likely N-dealkylation sites (tertiary alicyclic amines) is 1. The number of para-hydroxylation sites is 1. The number of rotatable bonds is 5. The van der Waals surface area contributed by atoms with E-state index in [1.807, 2.05) is 35.4 Å². The Morgan fingerprint density at radius 2 is 1.93 bits per heavy atom. The van der Waals surface area contributed by atoms with Gasteiger partial charge in [-0.3, -0.25) is 9.59 Å². The standard InChI is InChI=1S/C22H28N2O3/c25-21(24-12-11-16-5-1-2-6-18(16)14-24)15-27-22(26)10-9-17-13-23-20-8-4-3-7-19(17)20/h3-4,7-8,13,16,18,23H,1-2,5-6,9-12,14-15H2/t16-,18-/m1/s1. The summed E-state index contributed by atoms with van der Waals surface area (Å²) >= 11 is 0. The monoisotopic (exact) mass is 368 g/mol. The molecule has 2 heterocycles. The SMILES string of the molecule is O=C(CCc1c[nH]c2ccccc12)OCC(=O)N1CC[C@H]2CCCC[C@@H]2C1. The number of ether oxygens (including phenoxy) is 1. The minimum Gasteiger partial charge on any atom is -0.456 e. The summed E-state index contributed by atoms with van der Waals surface area (Å²) in [5.74, 6) is 1.09. The number of hydrogen-bond donors (Lipinski definition) is 1. The largest absolute Gasteiger partial charge is 0.456 e. The molecule has 1 N–H and O–H groups in total. The first-order valence-corrected chi connectivity index (χ1v) is 10.2. The lowest BCUT2D eigenvalue weighted by Gasteiger charge is -2.41. The number of carbonyl (C=O) groups is 2.